The summed E-state index contributed by atoms with van der Waals surface area (Å²) in [5, 5.41) is 14.5. The maximum absolute atomic E-state index is 13.0. The first-order chi connectivity index (χ1) is 14.2. The van der Waals surface area contributed by atoms with Gasteiger partial charge in [0.25, 0.3) is 0 Å². The van der Waals surface area contributed by atoms with E-state index in [0.717, 1.165) is 62.0 Å². The van der Waals surface area contributed by atoms with E-state index in [1.54, 1.807) is 6.33 Å². The van der Waals surface area contributed by atoms with Crippen molar-refractivity contribution >= 4 is 22.8 Å². The summed E-state index contributed by atoms with van der Waals surface area (Å²) in [5.41, 5.74) is 0.890. The van der Waals surface area contributed by atoms with Crippen LogP contribution in [0.5, 0.6) is 0 Å². The number of amides is 1. The zero-order valence-corrected chi connectivity index (χ0v) is 16.6. The number of anilines is 1. The second kappa shape index (κ2) is 7.57. The van der Waals surface area contributed by atoms with Gasteiger partial charge in [-0.3, -0.25) is 4.79 Å². The van der Waals surface area contributed by atoms with Crippen LogP contribution in [-0.2, 0) is 9.53 Å². The van der Waals surface area contributed by atoms with Crippen molar-refractivity contribution in [3.8, 4) is 0 Å². The van der Waals surface area contributed by atoms with Crippen molar-refractivity contribution in [1.29, 1.82) is 0 Å². The summed E-state index contributed by atoms with van der Waals surface area (Å²) in [5.74, 6) is 1.30. The van der Waals surface area contributed by atoms with Crippen molar-refractivity contribution in [1.82, 2.24) is 20.3 Å². The summed E-state index contributed by atoms with van der Waals surface area (Å²) in [6.45, 7) is 3.41. The molecule has 3 N–H and O–H groups in total. The van der Waals surface area contributed by atoms with Gasteiger partial charge in [0.2, 0.25) is 5.91 Å². The number of aliphatic hydroxyl groups excluding tert-OH is 1. The topological polar surface area (TPSA) is 103 Å². The molecule has 2 aromatic heterocycles. The number of aromatic nitrogens is 3. The number of aromatic amines is 1. The van der Waals surface area contributed by atoms with Crippen LogP contribution in [0.25, 0.3) is 11.0 Å². The molecule has 0 radical (unpaired) electrons. The Kier molecular flexibility index (Phi) is 4.91. The molecule has 2 atom stereocenters. The van der Waals surface area contributed by atoms with Crippen LogP contribution in [0.1, 0.15) is 32.1 Å². The highest BCUT2D eigenvalue weighted by molar-refractivity contribution is 5.87. The lowest BCUT2D eigenvalue weighted by Gasteiger charge is -2.39. The normalized spacial score (nSPS) is 25.3. The van der Waals surface area contributed by atoms with Gasteiger partial charge in [-0.25, -0.2) is 9.97 Å². The van der Waals surface area contributed by atoms with Gasteiger partial charge >= 0.3 is 0 Å². The number of piperidine rings is 1. The predicted octanol–water partition coefficient (Wildman–Crippen LogP) is 1.47. The van der Waals surface area contributed by atoms with Crippen LogP contribution in [0.4, 0.5) is 5.82 Å². The fourth-order valence-corrected chi connectivity index (χ4v) is 5.12. The minimum absolute atomic E-state index is 0.0178. The van der Waals surface area contributed by atoms with Crippen LogP contribution in [0, 0.1) is 17.3 Å². The number of rotatable bonds is 5. The highest BCUT2D eigenvalue weighted by atomic mass is 16.5. The Hall–Kier alpha value is -2.19. The van der Waals surface area contributed by atoms with Gasteiger partial charge in [0.05, 0.1) is 11.5 Å². The molecule has 0 aromatic carbocycles. The minimum atomic E-state index is -0.485. The molecule has 2 aromatic rings. The Balaban J connectivity index is 1.22. The molecule has 2 saturated heterocycles. The Morgan fingerprint density at radius 1 is 1.34 bits per heavy atom. The summed E-state index contributed by atoms with van der Waals surface area (Å²) < 4.78 is 5.36. The monoisotopic (exact) mass is 399 g/mol. The fraction of sp³-hybridized carbons (Fsp3) is 0.667. The number of aliphatic hydroxyl groups is 1. The number of hydrogen-bond donors (Lipinski definition) is 3. The first kappa shape index (κ1) is 18.8. The standard InChI is InChI=1S/C21H29N5O3/c27-17(14-3-9-29-10-4-14)11-23-20(28)16-2-8-26(12-21(16)5-6-21)19-15-1-7-22-18(15)24-13-25-19/h1,7,13-14,16-17,27H,2-6,8-12H2,(H,23,28)(H,22,24,25)/t16?,17-/m0/s1. The van der Waals surface area contributed by atoms with Crippen molar-refractivity contribution in [3.05, 3.63) is 18.6 Å². The van der Waals surface area contributed by atoms with Crippen LogP contribution in [0.2, 0.25) is 0 Å². The summed E-state index contributed by atoms with van der Waals surface area (Å²) in [6, 6.07) is 2.01. The molecule has 4 heterocycles. The molecule has 1 aliphatic carbocycles. The van der Waals surface area contributed by atoms with Gasteiger partial charge in [-0.15, -0.1) is 0 Å². The second-order valence-electron chi connectivity index (χ2n) is 8.82. The average Bonchev–Trinajstić information content (AvgIpc) is 3.34. The van der Waals surface area contributed by atoms with Gasteiger partial charge in [-0.1, -0.05) is 0 Å². The molecule has 156 valence electrons. The molecule has 1 amide bonds. The summed E-state index contributed by atoms with van der Waals surface area (Å²) >= 11 is 0. The third-order valence-corrected chi connectivity index (χ3v) is 7.07. The molecule has 2 aliphatic heterocycles. The van der Waals surface area contributed by atoms with E-state index in [1.807, 2.05) is 12.3 Å². The molecule has 1 unspecified atom stereocenters. The lowest BCUT2D eigenvalue weighted by atomic mass is 9.81. The van der Waals surface area contributed by atoms with Gasteiger partial charge in [-0.2, -0.15) is 0 Å². The Bertz CT molecular complexity index is 874. The Morgan fingerprint density at radius 3 is 2.97 bits per heavy atom. The molecule has 8 nitrogen and oxygen atoms in total. The van der Waals surface area contributed by atoms with E-state index in [1.165, 1.54) is 0 Å². The molecule has 5 rings (SSSR count). The number of hydrogen-bond acceptors (Lipinski definition) is 6. The third-order valence-electron chi connectivity index (χ3n) is 7.07. The lowest BCUT2D eigenvalue weighted by Crippen LogP contribution is -2.49. The van der Waals surface area contributed by atoms with Gasteiger partial charge in [-0.05, 0) is 49.5 Å². The maximum atomic E-state index is 13.0. The quantitative estimate of drug-likeness (QED) is 0.704. The largest absolute Gasteiger partial charge is 0.391 e. The zero-order valence-electron chi connectivity index (χ0n) is 16.6. The Morgan fingerprint density at radius 2 is 2.17 bits per heavy atom. The van der Waals surface area contributed by atoms with E-state index < -0.39 is 6.10 Å². The van der Waals surface area contributed by atoms with Crippen LogP contribution >= 0.6 is 0 Å². The number of nitrogens with zero attached hydrogens (tertiary/aromatic N) is 3. The fourth-order valence-electron chi connectivity index (χ4n) is 5.12. The van der Waals surface area contributed by atoms with Crippen molar-refractivity contribution in [2.45, 2.75) is 38.2 Å². The molecular formula is C21H29N5O3. The molecule has 29 heavy (non-hydrogen) atoms. The van der Waals surface area contributed by atoms with Crippen LogP contribution in [0.3, 0.4) is 0 Å². The molecule has 3 aliphatic rings. The average molecular weight is 399 g/mol. The highest BCUT2D eigenvalue weighted by Gasteiger charge is 2.55. The minimum Gasteiger partial charge on any atom is -0.391 e. The van der Waals surface area contributed by atoms with E-state index in [-0.39, 0.29) is 23.2 Å². The van der Waals surface area contributed by atoms with Gasteiger partial charge in [0.15, 0.2) is 0 Å². The smallest absolute Gasteiger partial charge is 0.223 e. The molecular weight excluding hydrogens is 370 g/mol. The van der Waals surface area contributed by atoms with Gasteiger partial charge < -0.3 is 25.0 Å². The van der Waals surface area contributed by atoms with E-state index in [2.05, 4.69) is 25.2 Å². The van der Waals surface area contributed by atoms with Crippen molar-refractivity contribution < 1.29 is 14.6 Å². The third kappa shape index (κ3) is 3.59. The van der Waals surface area contributed by atoms with Crippen LogP contribution in [-0.4, -0.2) is 64.9 Å². The number of carbonyl (C=O) groups excluding carboxylic acids is 1. The number of carbonyl (C=O) groups is 1. The molecule has 0 bridgehead atoms. The number of nitrogens with one attached hydrogen (secondary N) is 2. The van der Waals surface area contributed by atoms with E-state index in [4.69, 9.17) is 4.74 Å². The first-order valence-corrected chi connectivity index (χ1v) is 10.7. The maximum Gasteiger partial charge on any atom is 0.223 e. The zero-order chi connectivity index (χ0) is 19.8. The highest BCUT2D eigenvalue weighted by Crippen LogP contribution is 2.56. The molecule has 1 saturated carbocycles. The van der Waals surface area contributed by atoms with Gasteiger partial charge in [0.1, 0.15) is 17.8 Å². The van der Waals surface area contributed by atoms with E-state index in [9.17, 15) is 9.90 Å². The number of ether oxygens (including phenoxy) is 1. The molecule has 3 fully saturated rings. The van der Waals surface area contributed by atoms with Crippen molar-refractivity contribution in [3.63, 3.8) is 0 Å². The van der Waals surface area contributed by atoms with Crippen molar-refractivity contribution in [2.75, 3.05) is 37.7 Å². The van der Waals surface area contributed by atoms with E-state index >= 15 is 0 Å². The number of fused-ring (bicyclic) bond motifs is 1. The second-order valence-corrected chi connectivity index (χ2v) is 8.82. The Labute approximate surface area is 170 Å². The summed E-state index contributed by atoms with van der Waals surface area (Å²) in [6.07, 6.45) is 7.70. The molecule has 8 heteroatoms. The summed E-state index contributed by atoms with van der Waals surface area (Å²) in [4.78, 5) is 27.2. The van der Waals surface area contributed by atoms with Gasteiger partial charge in [0, 0.05) is 45.0 Å². The lowest BCUT2D eigenvalue weighted by molar-refractivity contribution is -0.128. The van der Waals surface area contributed by atoms with E-state index in [0.29, 0.717) is 19.8 Å². The first-order valence-electron chi connectivity index (χ1n) is 10.7. The predicted molar refractivity (Wildman–Crippen MR) is 108 cm³/mol. The van der Waals surface area contributed by atoms with Crippen molar-refractivity contribution in [2.24, 2.45) is 17.3 Å². The van der Waals surface area contributed by atoms with Crippen LogP contribution < -0.4 is 10.2 Å². The van der Waals surface area contributed by atoms with Crippen LogP contribution in [0.15, 0.2) is 18.6 Å². The number of H-pyrrole nitrogens is 1. The SMILES string of the molecule is O=C(NC[C@H](O)C1CCOCC1)C1CCN(c2ncnc3[nH]ccc23)CC12CC2. The molecule has 1 spiro atoms. The summed E-state index contributed by atoms with van der Waals surface area (Å²) in [7, 11) is 0.